The number of benzene rings is 2. The van der Waals surface area contributed by atoms with Crippen molar-refractivity contribution in [3.05, 3.63) is 66.2 Å². The summed E-state index contributed by atoms with van der Waals surface area (Å²) in [6.45, 7) is 4.62. The number of carbonyl (C=O) groups excluding carboxylic acids is 2. The van der Waals surface area contributed by atoms with Gasteiger partial charge in [0.05, 0.1) is 6.04 Å². The van der Waals surface area contributed by atoms with Crippen molar-refractivity contribution in [1.82, 2.24) is 9.80 Å². The number of carbonyl (C=O) groups is 4. The van der Waals surface area contributed by atoms with Crippen molar-refractivity contribution in [2.45, 2.75) is 13.0 Å². The fourth-order valence-electron chi connectivity index (χ4n) is 3.29. The summed E-state index contributed by atoms with van der Waals surface area (Å²) in [5.74, 6) is -3.52. The summed E-state index contributed by atoms with van der Waals surface area (Å²) in [6.07, 6.45) is 0. The molecule has 3 rings (SSSR count). The van der Waals surface area contributed by atoms with Gasteiger partial charge in [-0.2, -0.15) is 0 Å². The van der Waals surface area contributed by atoms with E-state index in [2.05, 4.69) is 4.90 Å². The van der Waals surface area contributed by atoms with Gasteiger partial charge in [0.15, 0.2) is 0 Å². The van der Waals surface area contributed by atoms with Crippen LogP contribution in [0.25, 0.3) is 0 Å². The molecule has 0 saturated carbocycles. The number of carboxylic acid groups (broad SMARTS) is 2. The van der Waals surface area contributed by atoms with E-state index in [1.54, 1.807) is 4.90 Å². The molecule has 2 amide bonds. The number of piperazine rings is 1. The van der Waals surface area contributed by atoms with Gasteiger partial charge in [-0.05, 0) is 31.2 Å². The van der Waals surface area contributed by atoms with E-state index in [0.717, 1.165) is 5.69 Å². The van der Waals surface area contributed by atoms with E-state index >= 15 is 0 Å². The Morgan fingerprint density at radius 1 is 0.812 bits per heavy atom. The van der Waals surface area contributed by atoms with Crippen molar-refractivity contribution >= 4 is 29.4 Å². The summed E-state index contributed by atoms with van der Waals surface area (Å²) in [4.78, 5) is 49.2. The quantitative estimate of drug-likeness (QED) is 0.693. The van der Waals surface area contributed by atoms with Crippen molar-refractivity contribution in [3.8, 4) is 0 Å². The number of aliphatic carboxylic acids is 2. The van der Waals surface area contributed by atoms with Crippen molar-refractivity contribution in [1.29, 1.82) is 0 Å². The molecule has 32 heavy (non-hydrogen) atoms. The Morgan fingerprint density at radius 3 is 1.75 bits per heavy atom. The molecule has 0 aliphatic carbocycles. The van der Waals surface area contributed by atoms with Gasteiger partial charge in [-0.25, -0.2) is 9.59 Å². The van der Waals surface area contributed by atoms with Crippen molar-refractivity contribution < 1.29 is 29.4 Å². The monoisotopic (exact) mass is 441 g/mol. The number of hydrogen-bond acceptors (Lipinski definition) is 5. The van der Waals surface area contributed by atoms with Gasteiger partial charge in [-0.15, -0.1) is 0 Å². The summed E-state index contributed by atoms with van der Waals surface area (Å²) in [7, 11) is 1.81. The van der Waals surface area contributed by atoms with Gasteiger partial charge in [0.25, 0.3) is 5.91 Å². The number of rotatable bonds is 4. The van der Waals surface area contributed by atoms with E-state index in [9.17, 15) is 9.59 Å². The summed E-state index contributed by atoms with van der Waals surface area (Å²) < 4.78 is 0. The molecule has 9 heteroatoms. The zero-order valence-corrected chi connectivity index (χ0v) is 18.0. The summed E-state index contributed by atoms with van der Waals surface area (Å²) in [6, 6.07) is 18.8. The van der Waals surface area contributed by atoms with E-state index in [0.29, 0.717) is 31.7 Å². The van der Waals surface area contributed by atoms with Crippen LogP contribution in [0.2, 0.25) is 0 Å². The molecule has 1 aliphatic rings. The number of carboxylic acids is 2. The SMILES string of the molecule is CC(C(=O)N(C)c1ccccc1)N1CCN(C(=O)c2ccccc2)CC1.O=C(O)C(=O)O. The average molecular weight is 441 g/mol. The molecule has 1 saturated heterocycles. The van der Waals surface area contributed by atoms with Crippen molar-refractivity contribution in [2.24, 2.45) is 0 Å². The van der Waals surface area contributed by atoms with Gasteiger partial charge < -0.3 is 20.0 Å². The van der Waals surface area contributed by atoms with Gasteiger partial charge in [0.2, 0.25) is 5.91 Å². The first-order valence-corrected chi connectivity index (χ1v) is 10.1. The average Bonchev–Trinajstić information content (AvgIpc) is 2.83. The van der Waals surface area contributed by atoms with Crippen LogP contribution in [0, 0.1) is 0 Å². The minimum absolute atomic E-state index is 0.0608. The Kier molecular flexibility index (Phi) is 8.91. The highest BCUT2D eigenvalue weighted by atomic mass is 16.4. The van der Waals surface area contributed by atoms with Gasteiger partial charge in [-0.1, -0.05) is 36.4 Å². The first-order valence-electron chi connectivity index (χ1n) is 10.1. The maximum Gasteiger partial charge on any atom is 0.414 e. The molecular formula is C23H27N3O6. The lowest BCUT2D eigenvalue weighted by Crippen LogP contribution is -2.55. The Balaban J connectivity index is 0.000000534. The number of likely N-dealkylation sites (N-methyl/N-ethyl adjacent to an activating group) is 1. The first kappa shape index (κ1) is 24.5. The lowest BCUT2D eigenvalue weighted by molar-refractivity contribution is -0.159. The summed E-state index contributed by atoms with van der Waals surface area (Å²) in [5, 5.41) is 14.8. The van der Waals surface area contributed by atoms with E-state index in [1.165, 1.54) is 0 Å². The Hall–Kier alpha value is -3.72. The zero-order valence-electron chi connectivity index (χ0n) is 18.0. The Labute approximate surface area is 186 Å². The second-order valence-electron chi connectivity index (χ2n) is 7.21. The van der Waals surface area contributed by atoms with Crippen LogP contribution in [-0.2, 0) is 14.4 Å². The molecule has 0 radical (unpaired) electrons. The molecule has 2 aromatic rings. The van der Waals surface area contributed by atoms with Crippen LogP contribution in [0.3, 0.4) is 0 Å². The maximum atomic E-state index is 12.8. The van der Waals surface area contributed by atoms with Gasteiger partial charge >= 0.3 is 11.9 Å². The predicted octanol–water partition coefficient (Wildman–Crippen LogP) is 1.65. The Morgan fingerprint density at radius 2 is 1.28 bits per heavy atom. The van der Waals surface area contributed by atoms with Crippen LogP contribution in [0.5, 0.6) is 0 Å². The Bertz CT molecular complexity index is 915. The fourth-order valence-corrected chi connectivity index (χ4v) is 3.29. The topological polar surface area (TPSA) is 118 Å². The molecule has 2 N–H and O–H groups in total. The van der Waals surface area contributed by atoms with Gasteiger partial charge in [-0.3, -0.25) is 14.5 Å². The second-order valence-corrected chi connectivity index (χ2v) is 7.21. The van der Waals surface area contributed by atoms with E-state index < -0.39 is 11.9 Å². The lowest BCUT2D eigenvalue weighted by atomic mass is 10.1. The number of nitrogens with zero attached hydrogens (tertiary/aromatic N) is 3. The first-order chi connectivity index (χ1) is 15.2. The van der Waals surface area contributed by atoms with Gasteiger partial charge in [0, 0.05) is 44.5 Å². The minimum atomic E-state index is -1.82. The highest BCUT2D eigenvalue weighted by molar-refractivity contribution is 6.27. The largest absolute Gasteiger partial charge is 0.473 e. The molecular weight excluding hydrogens is 414 g/mol. The number of amides is 2. The number of anilines is 1. The van der Waals surface area contributed by atoms with E-state index in [1.807, 2.05) is 79.5 Å². The normalized spacial score (nSPS) is 14.5. The molecule has 0 bridgehead atoms. The molecule has 1 fully saturated rings. The van der Waals surface area contributed by atoms with Crippen molar-refractivity contribution in [2.75, 3.05) is 38.1 Å². The second kappa shape index (κ2) is 11.6. The molecule has 1 unspecified atom stereocenters. The molecule has 9 nitrogen and oxygen atoms in total. The zero-order chi connectivity index (χ0) is 23.7. The van der Waals surface area contributed by atoms with Crippen molar-refractivity contribution in [3.63, 3.8) is 0 Å². The van der Waals surface area contributed by atoms with Crippen LogP contribution >= 0.6 is 0 Å². The smallest absolute Gasteiger partial charge is 0.414 e. The van der Waals surface area contributed by atoms with Crippen LogP contribution in [0.4, 0.5) is 5.69 Å². The highest BCUT2D eigenvalue weighted by Gasteiger charge is 2.29. The third-order valence-corrected chi connectivity index (χ3v) is 5.18. The third-order valence-electron chi connectivity index (χ3n) is 5.18. The minimum Gasteiger partial charge on any atom is -0.473 e. The van der Waals surface area contributed by atoms with Crippen LogP contribution in [0.15, 0.2) is 60.7 Å². The van der Waals surface area contributed by atoms with Crippen LogP contribution in [0.1, 0.15) is 17.3 Å². The standard InChI is InChI=1S/C21H25N3O2.C2H2O4/c1-17(20(25)22(2)19-11-7-4-8-12-19)23-13-15-24(16-14-23)21(26)18-9-5-3-6-10-18;3-1(4)2(5)6/h3-12,17H,13-16H2,1-2H3;(H,3,4)(H,5,6). The molecule has 170 valence electrons. The van der Waals surface area contributed by atoms with E-state index in [-0.39, 0.29) is 17.9 Å². The molecule has 1 atom stereocenters. The third kappa shape index (κ3) is 6.64. The lowest BCUT2D eigenvalue weighted by Gasteiger charge is -2.38. The van der Waals surface area contributed by atoms with Crippen LogP contribution < -0.4 is 4.90 Å². The number of hydrogen-bond donors (Lipinski definition) is 2. The summed E-state index contributed by atoms with van der Waals surface area (Å²) >= 11 is 0. The fraction of sp³-hybridized carbons (Fsp3) is 0.304. The molecule has 2 aromatic carbocycles. The number of para-hydroxylation sites is 1. The molecule has 0 spiro atoms. The summed E-state index contributed by atoms with van der Waals surface area (Å²) in [5.41, 5.74) is 1.61. The van der Waals surface area contributed by atoms with E-state index in [4.69, 9.17) is 19.8 Å². The molecule has 1 aliphatic heterocycles. The molecule has 0 aromatic heterocycles. The van der Waals surface area contributed by atoms with Gasteiger partial charge in [0.1, 0.15) is 0 Å². The highest BCUT2D eigenvalue weighted by Crippen LogP contribution is 2.16. The maximum absolute atomic E-state index is 12.8. The predicted molar refractivity (Wildman–Crippen MR) is 119 cm³/mol. The molecule has 1 heterocycles. The van der Waals surface area contributed by atoms with Crippen LogP contribution in [-0.4, -0.2) is 83.0 Å².